The molecule has 2 nitrogen and oxygen atoms in total. The number of hydrogen-bond acceptors (Lipinski definition) is 1. The molecule has 1 heterocycles. The van der Waals surface area contributed by atoms with Crippen molar-refractivity contribution in [1.29, 1.82) is 0 Å². The Hall–Kier alpha value is -1.06. The second-order valence-electron chi connectivity index (χ2n) is 3.48. The lowest BCUT2D eigenvalue weighted by Crippen LogP contribution is -1.91. The van der Waals surface area contributed by atoms with E-state index >= 15 is 0 Å². The van der Waals surface area contributed by atoms with Crippen molar-refractivity contribution in [3.8, 4) is 0 Å². The number of benzene rings is 1. The van der Waals surface area contributed by atoms with E-state index in [1.807, 2.05) is 6.92 Å². The molecule has 1 aromatic heterocycles. The fourth-order valence-electron chi connectivity index (χ4n) is 1.84. The van der Waals surface area contributed by atoms with E-state index in [0.717, 1.165) is 11.3 Å². The van der Waals surface area contributed by atoms with Crippen molar-refractivity contribution in [3.63, 3.8) is 0 Å². The summed E-state index contributed by atoms with van der Waals surface area (Å²) in [6.45, 7) is 1.88. The monoisotopic (exact) mass is 227 g/mol. The third-order valence-electron chi connectivity index (χ3n) is 2.53. The van der Waals surface area contributed by atoms with Crippen LogP contribution in [0.3, 0.4) is 0 Å². The van der Waals surface area contributed by atoms with Crippen molar-refractivity contribution < 1.29 is 9.50 Å². The van der Waals surface area contributed by atoms with E-state index in [-0.39, 0.29) is 12.4 Å². The molecule has 0 saturated carbocycles. The van der Waals surface area contributed by atoms with Gasteiger partial charge < -0.3 is 10.1 Å². The molecule has 0 fully saturated rings. The summed E-state index contributed by atoms with van der Waals surface area (Å²) in [5.74, 6) is -0.318. The van der Waals surface area contributed by atoms with E-state index in [4.69, 9.17) is 16.7 Å². The Morgan fingerprint density at radius 2 is 2.20 bits per heavy atom. The normalized spacial score (nSPS) is 11.2. The molecule has 80 valence electrons. The second kappa shape index (κ2) is 3.83. The van der Waals surface area contributed by atoms with Crippen LogP contribution in [-0.4, -0.2) is 16.7 Å². The highest BCUT2D eigenvalue weighted by atomic mass is 35.5. The highest BCUT2D eigenvalue weighted by Crippen LogP contribution is 2.31. The Morgan fingerprint density at radius 3 is 2.87 bits per heavy atom. The van der Waals surface area contributed by atoms with E-state index in [1.54, 1.807) is 0 Å². The first kappa shape index (κ1) is 10.5. The van der Waals surface area contributed by atoms with Crippen LogP contribution in [0, 0.1) is 12.7 Å². The Kier molecular flexibility index (Phi) is 2.67. The third kappa shape index (κ3) is 1.62. The summed E-state index contributed by atoms with van der Waals surface area (Å²) < 4.78 is 13.4. The maximum atomic E-state index is 13.4. The third-order valence-corrected chi connectivity index (χ3v) is 2.85. The Labute approximate surface area is 91.7 Å². The number of halogens is 2. The highest BCUT2D eigenvalue weighted by molar-refractivity contribution is 6.35. The van der Waals surface area contributed by atoms with Crippen molar-refractivity contribution in [3.05, 3.63) is 34.2 Å². The number of aryl methyl sites for hydroxylation is 1. The van der Waals surface area contributed by atoms with Gasteiger partial charge in [0.05, 0.1) is 10.5 Å². The maximum absolute atomic E-state index is 13.4. The van der Waals surface area contributed by atoms with E-state index in [9.17, 15) is 4.39 Å². The smallest absolute Gasteiger partial charge is 0.147 e. The lowest BCUT2D eigenvalue weighted by molar-refractivity contribution is 0.300. The van der Waals surface area contributed by atoms with Crippen LogP contribution in [0.1, 0.15) is 11.3 Å². The van der Waals surface area contributed by atoms with Gasteiger partial charge in [-0.2, -0.15) is 0 Å². The minimum atomic E-state index is -0.318. The Bertz CT molecular complexity index is 507. The summed E-state index contributed by atoms with van der Waals surface area (Å²) in [6.07, 6.45) is 0.481. The SMILES string of the molecule is Cc1[nH]c2c(F)ccc(Cl)c2c1CCO. The van der Waals surface area contributed by atoms with Gasteiger partial charge in [0.25, 0.3) is 0 Å². The summed E-state index contributed by atoms with van der Waals surface area (Å²) in [4.78, 5) is 2.95. The summed E-state index contributed by atoms with van der Waals surface area (Å²) in [5.41, 5.74) is 2.16. The summed E-state index contributed by atoms with van der Waals surface area (Å²) in [7, 11) is 0. The van der Waals surface area contributed by atoms with Crippen molar-refractivity contribution in [2.24, 2.45) is 0 Å². The van der Waals surface area contributed by atoms with Gasteiger partial charge in [-0.25, -0.2) is 4.39 Å². The fraction of sp³-hybridized carbons (Fsp3) is 0.273. The van der Waals surface area contributed by atoms with Crippen LogP contribution in [0.5, 0.6) is 0 Å². The van der Waals surface area contributed by atoms with E-state index in [1.165, 1.54) is 12.1 Å². The number of aliphatic hydroxyl groups is 1. The van der Waals surface area contributed by atoms with Crippen LogP contribution in [0.2, 0.25) is 5.02 Å². The van der Waals surface area contributed by atoms with E-state index in [0.29, 0.717) is 22.3 Å². The number of rotatable bonds is 2. The molecule has 15 heavy (non-hydrogen) atoms. The van der Waals surface area contributed by atoms with Gasteiger partial charge in [-0.15, -0.1) is 0 Å². The van der Waals surface area contributed by atoms with Gasteiger partial charge in [-0.1, -0.05) is 11.6 Å². The second-order valence-corrected chi connectivity index (χ2v) is 3.89. The van der Waals surface area contributed by atoms with Crippen LogP contribution >= 0.6 is 11.6 Å². The van der Waals surface area contributed by atoms with E-state index in [2.05, 4.69) is 4.98 Å². The van der Waals surface area contributed by atoms with Gasteiger partial charge >= 0.3 is 0 Å². The van der Waals surface area contributed by atoms with Gasteiger partial charge in [-0.3, -0.25) is 0 Å². The molecule has 0 saturated heterocycles. The zero-order valence-corrected chi connectivity index (χ0v) is 9.03. The molecular weight excluding hydrogens is 217 g/mol. The minimum Gasteiger partial charge on any atom is -0.396 e. The van der Waals surface area contributed by atoms with Gasteiger partial charge in [-0.05, 0) is 31.0 Å². The Balaban J connectivity index is 2.79. The number of H-pyrrole nitrogens is 1. The van der Waals surface area contributed by atoms with E-state index < -0.39 is 0 Å². The van der Waals surface area contributed by atoms with Gasteiger partial charge in [0.2, 0.25) is 0 Å². The first-order chi connectivity index (χ1) is 7.15. The number of aromatic nitrogens is 1. The molecule has 0 atom stereocenters. The van der Waals surface area contributed by atoms with Crippen LogP contribution in [0.4, 0.5) is 4.39 Å². The van der Waals surface area contributed by atoms with Gasteiger partial charge in [0, 0.05) is 17.7 Å². The molecule has 0 amide bonds. The maximum Gasteiger partial charge on any atom is 0.147 e. The molecule has 2 rings (SSSR count). The number of aromatic amines is 1. The molecule has 2 aromatic rings. The largest absolute Gasteiger partial charge is 0.396 e. The molecule has 0 aliphatic rings. The van der Waals surface area contributed by atoms with Crippen LogP contribution in [-0.2, 0) is 6.42 Å². The lowest BCUT2D eigenvalue weighted by atomic mass is 10.1. The predicted octanol–water partition coefficient (Wildman–Crippen LogP) is 2.80. The summed E-state index contributed by atoms with van der Waals surface area (Å²) in [5, 5.41) is 10.1. The molecule has 2 N–H and O–H groups in total. The summed E-state index contributed by atoms with van der Waals surface area (Å²) >= 11 is 6.01. The molecule has 0 radical (unpaired) electrons. The fourth-order valence-corrected chi connectivity index (χ4v) is 2.12. The lowest BCUT2D eigenvalue weighted by Gasteiger charge is -2.00. The molecule has 0 aliphatic carbocycles. The Morgan fingerprint density at radius 1 is 1.47 bits per heavy atom. The average molecular weight is 228 g/mol. The topological polar surface area (TPSA) is 36.0 Å². The van der Waals surface area contributed by atoms with Gasteiger partial charge in [0.15, 0.2) is 0 Å². The van der Waals surface area contributed by atoms with Crippen molar-refractivity contribution in [2.45, 2.75) is 13.3 Å². The standard InChI is InChI=1S/C11H11ClFNO/c1-6-7(4-5-15)10-8(12)2-3-9(13)11(10)14-6/h2-3,14-15H,4-5H2,1H3. The van der Waals surface area contributed by atoms with Crippen LogP contribution in [0.25, 0.3) is 10.9 Å². The van der Waals surface area contributed by atoms with Crippen molar-refractivity contribution in [1.82, 2.24) is 4.98 Å². The molecule has 0 spiro atoms. The average Bonchev–Trinajstić information content (AvgIpc) is 2.53. The molecule has 0 aliphatic heterocycles. The van der Waals surface area contributed by atoms with Gasteiger partial charge in [0.1, 0.15) is 5.82 Å². The molecule has 0 unspecified atom stereocenters. The van der Waals surface area contributed by atoms with Crippen molar-refractivity contribution in [2.75, 3.05) is 6.61 Å². The van der Waals surface area contributed by atoms with Crippen LogP contribution in [0.15, 0.2) is 12.1 Å². The highest BCUT2D eigenvalue weighted by Gasteiger charge is 2.13. The minimum absolute atomic E-state index is 0.0284. The molecule has 1 aromatic carbocycles. The zero-order chi connectivity index (χ0) is 11.0. The van der Waals surface area contributed by atoms with Crippen molar-refractivity contribution >= 4 is 22.5 Å². The predicted molar refractivity (Wildman–Crippen MR) is 58.8 cm³/mol. The number of aliphatic hydroxyl groups excluding tert-OH is 1. The number of fused-ring (bicyclic) bond motifs is 1. The van der Waals surface area contributed by atoms with Crippen LogP contribution < -0.4 is 0 Å². The molecular formula is C11H11ClFNO. The molecule has 0 bridgehead atoms. The molecule has 4 heteroatoms. The number of nitrogens with one attached hydrogen (secondary N) is 1. The first-order valence-electron chi connectivity index (χ1n) is 4.71. The zero-order valence-electron chi connectivity index (χ0n) is 8.27. The quantitative estimate of drug-likeness (QED) is 0.813. The first-order valence-corrected chi connectivity index (χ1v) is 5.09. The number of hydrogen-bond donors (Lipinski definition) is 2. The summed E-state index contributed by atoms with van der Waals surface area (Å²) in [6, 6.07) is 2.87.